The van der Waals surface area contributed by atoms with Crippen LogP contribution in [-0.2, 0) is 29.9 Å². The second-order valence-corrected chi connectivity index (χ2v) is 16.8. The van der Waals surface area contributed by atoms with E-state index in [4.69, 9.17) is 5.73 Å². The molecule has 0 radical (unpaired) electrons. The number of carbonyl (C=O) groups is 5. The molecular formula is C41H50N7O8P. The molecule has 15 nitrogen and oxygen atoms in total. The molecule has 2 saturated heterocycles. The second kappa shape index (κ2) is 17.9. The van der Waals surface area contributed by atoms with Crippen molar-refractivity contribution in [1.82, 2.24) is 30.7 Å². The molecule has 0 aliphatic carbocycles. The summed E-state index contributed by atoms with van der Waals surface area (Å²) in [5, 5.41) is 9.37. The van der Waals surface area contributed by atoms with Gasteiger partial charge in [-0.15, -0.1) is 0 Å². The molecular weight excluding hydrogens is 749 g/mol. The smallest absolute Gasteiger partial charge is 0.329 e. The van der Waals surface area contributed by atoms with Gasteiger partial charge in [-0.05, 0) is 74.4 Å². The third kappa shape index (κ3) is 10.3. The van der Waals surface area contributed by atoms with Crippen LogP contribution >= 0.6 is 7.60 Å². The number of benzene rings is 3. The Hall–Kier alpha value is -5.34. The standard InChI is InChI=1S/C41H50N7O8P/c1-25(2)47-20-19-30-14-17-35(48(30)41(53)34(23-47)45-39(51)33-22-29-21-26(24-57(54,55)56)13-15-31(29)43-33)40(52)44-32(16-18-36(42)49)38(50)46-37(27-9-5-3-6-10-27)28-11-7-4-8-12-28/h3-13,15,21-22,25,30,32,34-35,37,43H,14,16-20,23-24H2,1-2H3,(H2,42,49)(H,44,52)(H,45,51)(H,46,50)(H2,54,55,56)/t30-,32+,34+,35+/m1/s1. The van der Waals surface area contributed by atoms with Crippen LogP contribution < -0.4 is 21.7 Å². The normalized spacial score (nSPS) is 19.5. The minimum Gasteiger partial charge on any atom is -0.370 e. The van der Waals surface area contributed by atoms with Crippen LogP contribution in [0.15, 0.2) is 84.9 Å². The molecule has 4 atom stereocenters. The molecule has 2 aliphatic rings. The van der Waals surface area contributed by atoms with Crippen LogP contribution in [-0.4, -0.2) is 97.4 Å². The lowest BCUT2D eigenvalue weighted by Gasteiger charge is -2.40. The molecule has 2 fully saturated rings. The Morgan fingerprint density at radius 3 is 2.19 bits per heavy atom. The fourth-order valence-corrected chi connectivity index (χ4v) is 8.50. The predicted octanol–water partition coefficient (Wildman–Crippen LogP) is 3.07. The third-order valence-corrected chi connectivity index (χ3v) is 11.5. The van der Waals surface area contributed by atoms with Gasteiger partial charge in [-0.1, -0.05) is 66.7 Å². The Bertz CT molecular complexity index is 2100. The van der Waals surface area contributed by atoms with Crippen molar-refractivity contribution >= 4 is 48.0 Å². The molecule has 3 aromatic carbocycles. The van der Waals surface area contributed by atoms with Crippen molar-refractivity contribution in [3.05, 3.63) is 107 Å². The number of aromatic nitrogens is 1. The molecule has 57 heavy (non-hydrogen) atoms. The molecule has 0 bridgehead atoms. The Morgan fingerprint density at radius 1 is 0.912 bits per heavy atom. The molecule has 8 N–H and O–H groups in total. The summed E-state index contributed by atoms with van der Waals surface area (Å²) in [6, 6.07) is 21.3. The Labute approximate surface area is 330 Å². The van der Waals surface area contributed by atoms with Crippen molar-refractivity contribution in [2.45, 2.75) is 88.4 Å². The summed E-state index contributed by atoms with van der Waals surface area (Å²) in [5.74, 6) is -2.67. The molecule has 2 aliphatic heterocycles. The summed E-state index contributed by atoms with van der Waals surface area (Å²) in [6.45, 7) is 4.83. The quantitative estimate of drug-likeness (QED) is 0.0930. The first-order valence-corrected chi connectivity index (χ1v) is 21.0. The zero-order chi connectivity index (χ0) is 40.9. The van der Waals surface area contributed by atoms with Gasteiger partial charge in [0.2, 0.25) is 23.6 Å². The summed E-state index contributed by atoms with van der Waals surface area (Å²) >= 11 is 0. The van der Waals surface area contributed by atoms with Gasteiger partial charge >= 0.3 is 7.60 Å². The van der Waals surface area contributed by atoms with Gasteiger partial charge < -0.3 is 41.4 Å². The van der Waals surface area contributed by atoms with E-state index in [0.29, 0.717) is 42.3 Å². The van der Waals surface area contributed by atoms with Crippen molar-refractivity contribution in [1.29, 1.82) is 0 Å². The van der Waals surface area contributed by atoms with Crippen LogP contribution in [0.25, 0.3) is 10.9 Å². The first kappa shape index (κ1) is 41.3. The maximum atomic E-state index is 14.6. The second-order valence-electron chi connectivity index (χ2n) is 15.2. The number of hydrogen-bond acceptors (Lipinski definition) is 7. The number of rotatable bonds is 14. The maximum Gasteiger partial charge on any atom is 0.329 e. The van der Waals surface area contributed by atoms with Gasteiger partial charge in [-0.3, -0.25) is 33.4 Å². The molecule has 1 aromatic heterocycles. The molecule has 302 valence electrons. The number of nitrogens with zero attached hydrogens (tertiary/aromatic N) is 2. The Kier molecular flexibility index (Phi) is 12.9. The lowest BCUT2D eigenvalue weighted by atomic mass is 9.98. The molecule has 16 heteroatoms. The zero-order valence-corrected chi connectivity index (χ0v) is 32.9. The van der Waals surface area contributed by atoms with E-state index in [-0.39, 0.29) is 37.2 Å². The highest BCUT2D eigenvalue weighted by Gasteiger charge is 2.46. The van der Waals surface area contributed by atoms with Crippen molar-refractivity contribution in [2.24, 2.45) is 5.73 Å². The number of fused-ring (bicyclic) bond motifs is 2. The molecule has 0 saturated carbocycles. The topological polar surface area (TPSA) is 227 Å². The largest absolute Gasteiger partial charge is 0.370 e. The van der Waals surface area contributed by atoms with Crippen LogP contribution in [0.4, 0.5) is 0 Å². The molecule has 0 spiro atoms. The van der Waals surface area contributed by atoms with Crippen molar-refractivity contribution in [2.75, 3.05) is 13.1 Å². The van der Waals surface area contributed by atoms with Crippen LogP contribution in [0, 0.1) is 0 Å². The summed E-state index contributed by atoms with van der Waals surface area (Å²) in [5.41, 5.74) is 8.28. The number of carbonyl (C=O) groups excluding carboxylic acids is 5. The van der Waals surface area contributed by atoms with Gasteiger partial charge in [0.15, 0.2) is 0 Å². The van der Waals surface area contributed by atoms with Crippen molar-refractivity contribution in [3.8, 4) is 0 Å². The molecule has 0 unspecified atom stereocenters. The number of hydrogen-bond donors (Lipinski definition) is 7. The fourth-order valence-electron chi connectivity index (χ4n) is 7.83. The molecule has 6 rings (SSSR count). The zero-order valence-electron chi connectivity index (χ0n) is 32.0. The van der Waals surface area contributed by atoms with E-state index < -0.39 is 67.5 Å². The van der Waals surface area contributed by atoms with Crippen LogP contribution in [0.2, 0.25) is 0 Å². The van der Waals surface area contributed by atoms with E-state index in [0.717, 1.165) is 11.1 Å². The highest BCUT2D eigenvalue weighted by Crippen LogP contribution is 2.39. The minimum absolute atomic E-state index is 0.0549. The van der Waals surface area contributed by atoms with Gasteiger partial charge in [0, 0.05) is 42.5 Å². The highest BCUT2D eigenvalue weighted by atomic mass is 31.2. The SMILES string of the molecule is CC(C)N1CC[C@H]2CC[C@@H](C(=O)N[C@@H](CCC(N)=O)C(=O)NC(c3ccccc3)c3ccccc3)N2C(=O)[C@@H](NC(=O)c2cc3cc(CP(=O)(O)O)ccc3[nH]2)C1. The Morgan fingerprint density at radius 2 is 1.58 bits per heavy atom. The predicted molar refractivity (Wildman–Crippen MR) is 214 cm³/mol. The summed E-state index contributed by atoms with van der Waals surface area (Å²) in [7, 11) is -4.31. The van der Waals surface area contributed by atoms with Crippen molar-refractivity contribution in [3.63, 3.8) is 0 Å². The van der Waals surface area contributed by atoms with E-state index >= 15 is 0 Å². The number of nitrogens with one attached hydrogen (secondary N) is 4. The average molecular weight is 800 g/mol. The Balaban J connectivity index is 1.22. The number of H-pyrrole nitrogens is 1. The van der Waals surface area contributed by atoms with E-state index in [9.17, 15) is 38.3 Å². The lowest BCUT2D eigenvalue weighted by molar-refractivity contribution is -0.144. The summed E-state index contributed by atoms with van der Waals surface area (Å²) in [4.78, 5) is 94.0. The van der Waals surface area contributed by atoms with Gasteiger partial charge in [0.25, 0.3) is 5.91 Å². The van der Waals surface area contributed by atoms with Crippen molar-refractivity contribution < 1.29 is 38.3 Å². The summed E-state index contributed by atoms with van der Waals surface area (Å²) < 4.78 is 11.6. The van der Waals surface area contributed by atoms with Crippen LogP contribution in [0.5, 0.6) is 0 Å². The number of nitrogens with two attached hydrogens (primary N) is 1. The van der Waals surface area contributed by atoms with E-state index in [1.165, 1.54) is 0 Å². The van der Waals surface area contributed by atoms with Gasteiger partial charge in [0.1, 0.15) is 23.8 Å². The van der Waals surface area contributed by atoms with Crippen LogP contribution in [0.3, 0.4) is 0 Å². The first-order valence-electron chi connectivity index (χ1n) is 19.2. The fraction of sp³-hybridized carbons (Fsp3) is 0.390. The van der Waals surface area contributed by atoms with Crippen LogP contribution in [0.1, 0.15) is 79.2 Å². The number of amides is 5. The maximum absolute atomic E-state index is 14.6. The first-order chi connectivity index (χ1) is 27.2. The molecule has 3 heterocycles. The van der Waals surface area contributed by atoms with E-state index in [1.54, 1.807) is 29.2 Å². The monoisotopic (exact) mass is 799 g/mol. The number of aromatic amines is 1. The lowest BCUT2D eigenvalue weighted by Crippen LogP contribution is -2.62. The summed E-state index contributed by atoms with van der Waals surface area (Å²) in [6.07, 6.45) is 0.826. The third-order valence-electron chi connectivity index (χ3n) is 10.7. The average Bonchev–Trinajstić information content (AvgIpc) is 3.80. The number of primary amides is 1. The van der Waals surface area contributed by atoms with E-state index in [1.807, 2.05) is 74.5 Å². The minimum atomic E-state index is -4.31. The van der Waals surface area contributed by atoms with Gasteiger partial charge in [-0.2, -0.15) is 0 Å². The van der Waals surface area contributed by atoms with E-state index in [2.05, 4.69) is 25.8 Å². The highest BCUT2D eigenvalue weighted by molar-refractivity contribution is 7.50. The van der Waals surface area contributed by atoms with Gasteiger partial charge in [-0.25, -0.2) is 0 Å². The van der Waals surface area contributed by atoms with Gasteiger partial charge in [0.05, 0.1) is 12.2 Å². The molecule has 5 amide bonds. The molecule has 4 aromatic rings.